The minimum absolute atomic E-state index is 0.0402. The van der Waals surface area contributed by atoms with Gasteiger partial charge in [-0.15, -0.1) is 11.3 Å². The topological polar surface area (TPSA) is 79.5 Å². The van der Waals surface area contributed by atoms with Crippen molar-refractivity contribution in [3.8, 4) is 11.3 Å². The van der Waals surface area contributed by atoms with Crippen LogP contribution in [0, 0.1) is 5.82 Å². The van der Waals surface area contributed by atoms with E-state index in [1.807, 2.05) is 35.4 Å². The van der Waals surface area contributed by atoms with Crippen molar-refractivity contribution in [3.63, 3.8) is 0 Å². The second kappa shape index (κ2) is 10.5. The van der Waals surface area contributed by atoms with Gasteiger partial charge in [-0.25, -0.2) is 9.37 Å². The molecule has 4 rings (SSSR count). The zero-order valence-corrected chi connectivity index (χ0v) is 20.8. The highest BCUT2D eigenvalue weighted by Gasteiger charge is 2.34. The number of carbonyl (C=O) groups excluding carboxylic acids is 1. The molecule has 5 nitrogen and oxygen atoms in total. The number of amides is 1. The summed E-state index contributed by atoms with van der Waals surface area (Å²) in [5.74, 6) is -0.283. The molecule has 0 saturated carbocycles. The van der Waals surface area contributed by atoms with Crippen LogP contribution in [0.4, 0.5) is 4.39 Å². The number of hydrogen-bond acceptors (Lipinski definition) is 5. The number of hydrogen-bond donors (Lipinski definition) is 2. The summed E-state index contributed by atoms with van der Waals surface area (Å²) in [5, 5.41) is 14.7. The zero-order chi connectivity index (χ0) is 24.3. The quantitative estimate of drug-likeness (QED) is 0.402. The van der Waals surface area contributed by atoms with Crippen LogP contribution in [0.2, 0.25) is 0 Å². The van der Waals surface area contributed by atoms with Gasteiger partial charge in [0.05, 0.1) is 23.4 Å². The summed E-state index contributed by atoms with van der Waals surface area (Å²) in [6.45, 7) is 4.59. The van der Waals surface area contributed by atoms with E-state index < -0.39 is 11.6 Å². The molecule has 0 spiro atoms. The fourth-order valence-corrected chi connectivity index (χ4v) is 6.01. The van der Waals surface area contributed by atoms with E-state index in [0.29, 0.717) is 24.8 Å². The van der Waals surface area contributed by atoms with Crippen molar-refractivity contribution in [2.24, 2.45) is 5.73 Å². The van der Waals surface area contributed by atoms with Gasteiger partial charge in [0.25, 0.3) is 0 Å². The fourth-order valence-electron chi connectivity index (χ4n) is 5.04. The van der Waals surface area contributed by atoms with Gasteiger partial charge in [0.2, 0.25) is 5.91 Å². The average Bonchev–Trinajstić information content (AvgIpc) is 3.48. The maximum Gasteiger partial charge on any atom is 0.240 e. The van der Waals surface area contributed by atoms with E-state index in [2.05, 4.69) is 6.92 Å². The number of benzene rings is 2. The molecule has 1 aliphatic rings. The van der Waals surface area contributed by atoms with Gasteiger partial charge >= 0.3 is 0 Å². The lowest BCUT2D eigenvalue weighted by atomic mass is 9.93. The highest BCUT2D eigenvalue weighted by Crippen LogP contribution is 2.38. The third-order valence-corrected chi connectivity index (χ3v) is 7.77. The summed E-state index contributed by atoms with van der Waals surface area (Å²) < 4.78 is 14.3. The summed E-state index contributed by atoms with van der Waals surface area (Å²) >= 11 is 1.54. The smallest absolute Gasteiger partial charge is 0.240 e. The molecule has 0 radical (unpaired) electrons. The minimum Gasteiger partial charge on any atom is -0.390 e. The fraction of sp³-hybridized carbons (Fsp3) is 0.481. The lowest BCUT2D eigenvalue weighted by molar-refractivity contribution is -0.133. The van der Waals surface area contributed by atoms with Gasteiger partial charge in [-0.05, 0) is 63.0 Å². The second-order valence-corrected chi connectivity index (χ2v) is 10.5. The van der Waals surface area contributed by atoms with Crippen molar-refractivity contribution in [2.45, 2.75) is 76.5 Å². The van der Waals surface area contributed by atoms with Gasteiger partial charge in [-0.1, -0.05) is 37.6 Å². The molecule has 182 valence electrons. The molecular formula is C27H34FN3O2S. The van der Waals surface area contributed by atoms with Crippen LogP contribution in [0.5, 0.6) is 0 Å². The third kappa shape index (κ3) is 5.32. The maximum atomic E-state index is 14.3. The van der Waals surface area contributed by atoms with E-state index in [1.54, 1.807) is 23.5 Å². The Hall–Kier alpha value is -2.35. The van der Waals surface area contributed by atoms with E-state index >= 15 is 0 Å². The number of thiazole rings is 1. The lowest BCUT2D eigenvalue weighted by Gasteiger charge is -2.27. The molecule has 0 bridgehead atoms. The van der Waals surface area contributed by atoms with E-state index in [1.165, 1.54) is 6.07 Å². The highest BCUT2D eigenvalue weighted by atomic mass is 32.1. The first kappa shape index (κ1) is 24.8. The Morgan fingerprint density at radius 3 is 2.82 bits per heavy atom. The zero-order valence-electron chi connectivity index (χ0n) is 20.0. The van der Waals surface area contributed by atoms with Crippen LogP contribution >= 0.6 is 11.3 Å². The summed E-state index contributed by atoms with van der Waals surface area (Å²) in [4.78, 5) is 19.9. The van der Waals surface area contributed by atoms with Crippen LogP contribution in [-0.4, -0.2) is 39.1 Å². The number of nitrogens with two attached hydrogens (primary N) is 1. The third-order valence-electron chi connectivity index (χ3n) is 6.83. The van der Waals surface area contributed by atoms with Crippen molar-refractivity contribution in [2.75, 3.05) is 6.54 Å². The Bertz CT molecular complexity index is 1150. The molecule has 0 aliphatic carbocycles. The first-order valence-electron chi connectivity index (χ1n) is 12.2. The molecular weight excluding hydrogens is 449 g/mol. The molecule has 3 N–H and O–H groups in total. The van der Waals surface area contributed by atoms with Crippen LogP contribution in [0.1, 0.15) is 69.8 Å². The standard InChI is InChI=1S/C27H34FN3O2S/c1-3-14-27(2,33)15-6-10-22(29)26(32)31-16-7-11-24(31)25-30-23(17-34-25)20-12-13-21(28)19-9-5-4-8-18(19)20/h4-5,8-9,12-13,17,22,24,33H,3,6-7,10-11,14-16,29H2,1-2H3/t22-,24-,27+/m0/s1. The second-order valence-electron chi connectivity index (χ2n) is 9.65. The Morgan fingerprint density at radius 2 is 2.06 bits per heavy atom. The van der Waals surface area contributed by atoms with Crippen LogP contribution < -0.4 is 5.73 Å². The predicted octanol–water partition coefficient (Wildman–Crippen LogP) is 5.81. The van der Waals surface area contributed by atoms with E-state index in [4.69, 9.17) is 10.7 Å². The number of carbonyl (C=O) groups is 1. The van der Waals surface area contributed by atoms with Crippen LogP contribution in [0.15, 0.2) is 41.8 Å². The van der Waals surface area contributed by atoms with Crippen molar-refractivity contribution in [1.29, 1.82) is 0 Å². The molecule has 2 aromatic carbocycles. The number of halogens is 1. The molecule has 1 aliphatic heterocycles. The van der Waals surface area contributed by atoms with Crippen molar-refractivity contribution in [1.82, 2.24) is 9.88 Å². The first-order valence-corrected chi connectivity index (χ1v) is 13.1. The average molecular weight is 484 g/mol. The molecule has 7 heteroatoms. The monoisotopic (exact) mass is 483 g/mol. The van der Waals surface area contributed by atoms with Gasteiger partial charge in [-0.2, -0.15) is 0 Å². The molecule has 3 aromatic rings. The van der Waals surface area contributed by atoms with Gasteiger partial charge in [0.1, 0.15) is 10.8 Å². The largest absolute Gasteiger partial charge is 0.390 e. The summed E-state index contributed by atoms with van der Waals surface area (Å²) in [6.07, 6.45) is 5.39. The first-order chi connectivity index (χ1) is 16.3. The van der Waals surface area contributed by atoms with Gasteiger partial charge in [-0.3, -0.25) is 4.79 Å². The van der Waals surface area contributed by atoms with Crippen LogP contribution in [0.25, 0.3) is 22.0 Å². The summed E-state index contributed by atoms with van der Waals surface area (Å²) in [5.41, 5.74) is 7.29. The van der Waals surface area contributed by atoms with Gasteiger partial charge < -0.3 is 15.7 Å². The lowest BCUT2D eigenvalue weighted by Crippen LogP contribution is -2.43. The Balaban J connectivity index is 1.46. The van der Waals surface area contributed by atoms with E-state index in [-0.39, 0.29) is 17.8 Å². The van der Waals surface area contributed by atoms with Crippen molar-refractivity contribution < 1.29 is 14.3 Å². The van der Waals surface area contributed by atoms with Crippen molar-refractivity contribution in [3.05, 3.63) is 52.6 Å². The SMILES string of the molecule is CCC[C@@](C)(O)CCC[C@H](N)C(=O)N1CCC[C@H]1c1nc(-c2ccc(F)c3ccccc23)cs1. The maximum absolute atomic E-state index is 14.3. The minimum atomic E-state index is -0.699. The molecule has 1 amide bonds. The Morgan fingerprint density at radius 1 is 1.29 bits per heavy atom. The molecule has 0 unspecified atom stereocenters. The molecule has 34 heavy (non-hydrogen) atoms. The summed E-state index contributed by atoms with van der Waals surface area (Å²) in [7, 11) is 0. The van der Waals surface area contributed by atoms with Crippen LogP contribution in [-0.2, 0) is 4.79 Å². The Labute approximate surface area is 204 Å². The number of fused-ring (bicyclic) bond motifs is 1. The predicted molar refractivity (Wildman–Crippen MR) is 136 cm³/mol. The molecule has 2 heterocycles. The van der Waals surface area contributed by atoms with E-state index in [0.717, 1.165) is 53.8 Å². The normalized spacial score (nSPS) is 18.9. The number of rotatable bonds is 9. The van der Waals surface area contributed by atoms with E-state index in [9.17, 15) is 14.3 Å². The molecule has 1 fully saturated rings. The number of nitrogens with zero attached hydrogens (tertiary/aromatic N) is 2. The highest BCUT2D eigenvalue weighted by molar-refractivity contribution is 7.10. The molecule has 1 saturated heterocycles. The molecule has 3 atom stereocenters. The van der Waals surface area contributed by atoms with Crippen LogP contribution in [0.3, 0.4) is 0 Å². The van der Waals surface area contributed by atoms with Gasteiger partial charge in [0.15, 0.2) is 0 Å². The molecule has 1 aromatic heterocycles. The Kier molecular flexibility index (Phi) is 7.65. The van der Waals surface area contributed by atoms with Gasteiger partial charge in [0, 0.05) is 22.9 Å². The van der Waals surface area contributed by atoms with Crippen molar-refractivity contribution >= 4 is 28.0 Å². The number of aromatic nitrogens is 1. The number of aliphatic hydroxyl groups is 1. The summed E-state index contributed by atoms with van der Waals surface area (Å²) in [6, 6.07) is 10.0. The number of likely N-dealkylation sites (tertiary alicyclic amines) is 1.